The first-order chi connectivity index (χ1) is 10.5. The highest BCUT2D eigenvalue weighted by molar-refractivity contribution is 5.43. The van der Waals surface area contributed by atoms with Gasteiger partial charge in [-0.15, -0.1) is 0 Å². The number of benzene rings is 1. The summed E-state index contributed by atoms with van der Waals surface area (Å²) in [4.78, 5) is 2.46. The Morgan fingerprint density at radius 3 is 2.68 bits per heavy atom. The van der Waals surface area contributed by atoms with Crippen molar-refractivity contribution in [1.29, 1.82) is 0 Å². The molecule has 0 aliphatic carbocycles. The molecule has 1 saturated heterocycles. The Morgan fingerprint density at radius 1 is 1.27 bits per heavy atom. The van der Waals surface area contributed by atoms with Crippen LogP contribution in [0.3, 0.4) is 0 Å². The van der Waals surface area contributed by atoms with Gasteiger partial charge in [-0.2, -0.15) is 0 Å². The van der Waals surface area contributed by atoms with Crippen LogP contribution in [0.5, 0.6) is 11.5 Å². The SMILES string of the molecule is COc1cc(CN2CCCC2CC(C)O)ccc1OC(C)C. The van der Waals surface area contributed by atoms with Gasteiger partial charge in [0.2, 0.25) is 0 Å². The monoisotopic (exact) mass is 307 g/mol. The van der Waals surface area contributed by atoms with Gasteiger partial charge in [0.25, 0.3) is 0 Å². The summed E-state index contributed by atoms with van der Waals surface area (Å²) in [6.07, 6.45) is 3.14. The van der Waals surface area contributed by atoms with Gasteiger partial charge in [-0.05, 0) is 64.3 Å². The lowest BCUT2D eigenvalue weighted by Gasteiger charge is -2.26. The molecular formula is C18H29NO3. The minimum Gasteiger partial charge on any atom is -0.493 e. The van der Waals surface area contributed by atoms with E-state index in [1.165, 1.54) is 18.4 Å². The molecular weight excluding hydrogens is 278 g/mol. The molecule has 0 amide bonds. The molecule has 0 aromatic heterocycles. The number of methoxy groups -OCH3 is 1. The summed E-state index contributed by atoms with van der Waals surface area (Å²) in [5.74, 6) is 1.58. The molecule has 1 aromatic rings. The topological polar surface area (TPSA) is 41.9 Å². The van der Waals surface area contributed by atoms with E-state index < -0.39 is 0 Å². The van der Waals surface area contributed by atoms with E-state index in [1.54, 1.807) is 7.11 Å². The summed E-state index contributed by atoms with van der Waals surface area (Å²) < 4.78 is 11.2. The predicted octanol–water partition coefficient (Wildman–Crippen LogP) is 3.22. The van der Waals surface area contributed by atoms with Crippen molar-refractivity contribution in [3.63, 3.8) is 0 Å². The van der Waals surface area contributed by atoms with Crippen molar-refractivity contribution in [1.82, 2.24) is 4.90 Å². The van der Waals surface area contributed by atoms with E-state index in [4.69, 9.17) is 9.47 Å². The molecule has 2 rings (SSSR count). The summed E-state index contributed by atoms with van der Waals surface area (Å²) in [6, 6.07) is 6.65. The van der Waals surface area contributed by atoms with Crippen LogP contribution in [0.2, 0.25) is 0 Å². The Balaban J connectivity index is 2.06. The van der Waals surface area contributed by atoms with Gasteiger partial charge in [0.15, 0.2) is 11.5 Å². The number of rotatable bonds is 7. The van der Waals surface area contributed by atoms with Crippen molar-refractivity contribution in [3.8, 4) is 11.5 Å². The molecule has 1 aromatic carbocycles. The van der Waals surface area contributed by atoms with E-state index in [-0.39, 0.29) is 12.2 Å². The summed E-state index contributed by atoms with van der Waals surface area (Å²) in [5, 5.41) is 9.64. The average molecular weight is 307 g/mol. The molecule has 0 bridgehead atoms. The van der Waals surface area contributed by atoms with Crippen LogP contribution in [0.4, 0.5) is 0 Å². The zero-order valence-electron chi connectivity index (χ0n) is 14.2. The smallest absolute Gasteiger partial charge is 0.161 e. The van der Waals surface area contributed by atoms with Crippen LogP contribution in [0.15, 0.2) is 18.2 Å². The second-order valence-corrected chi connectivity index (χ2v) is 6.50. The van der Waals surface area contributed by atoms with E-state index in [0.29, 0.717) is 6.04 Å². The van der Waals surface area contributed by atoms with Crippen LogP contribution < -0.4 is 9.47 Å². The van der Waals surface area contributed by atoms with Gasteiger partial charge in [-0.3, -0.25) is 4.90 Å². The largest absolute Gasteiger partial charge is 0.493 e. The molecule has 22 heavy (non-hydrogen) atoms. The highest BCUT2D eigenvalue weighted by atomic mass is 16.5. The quantitative estimate of drug-likeness (QED) is 0.840. The number of aliphatic hydroxyl groups excluding tert-OH is 1. The molecule has 2 atom stereocenters. The third-order valence-corrected chi connectivity index (χ3v) is 4.09. The standard InChI is InChI=1S/C18H29NO3/c1-13(2)22-17-8-7-15(11-18(17)21-4)12-19-9-5-6-16(19)10-14(3)20/h7-8,11,13-14,16,20H,5-6,9-10,12H2,1-4H3. The number of likely N-dealkylation sites (tertiary alicyclic amines) is 1. The third kappa shape index (κ3) is 4.62. The molecule has 1 heterocycles. The highest BCUT2D eigenvalue weighted by Crippen LogP contribution is 2.31. The number of hydrogen-bond donors (Lipinski definition) is 1. The second-order valence-electron chi connectivity index (χ2n) is 6.50. The van der Waals surface area contributed by atoms with Crippen LogP contribution in [-0.2, 0) is 6.54 Å². The van der Waals surface area contributed by atoms with Gasteiger partial charge >= 0.3 is 0 Å². The number of aliphatic hydroxyl groups is 1. The number of nitrogens with zero attached hydrogens (tertiary/aromatic N) is 1. The number of hydrogen-bond acceptors (Lipinski definition) is 4. The van der Waals surface area contributed by atoms with Gasteiger partial charge in [0.05, 0.1) is 19.3 Å². The lowest BCUT2D eigenvalue weighted by molar-refractivity contribution is 0.130. The first-order valence-electron chi connectivity index (χ1n) is 8.25. The molecule has 2 unspecified atom stereocenters. The maximum absolute atomic E-state index is 9.64. The third-order valence-electron chi connectivity index (χ3n) is 4.09. The van der Waals surface area contributed by atoms with Crippen molar-refractivity contribution < 1.29 is 14.6 Å². The van der Waals surface area contributed by atoms with E-state index in [1.807, 2.05) is 26.8 Å². The van der Waals surface area contributed by atoms with E-state index in [9.17, 15) is 5.11 Å². The minimum absolute atomic E-state index is 0.133. The summed E-state index contributed by atoms with van der Waals surface area (Å²) >= 11 is 0. The molecule has 1 aliphatic rings. The first kappa shape index (κ1) is 17.1. The molecule has 0 saturated carbocycles. The van der Waals surface area contributed by atoms with E-state index in [2.05, 4.69) is 17.0 Å². The van der Waals surface area contributed by atoms with Crippen LogP contribution in [-0.4, -0.2) is 41.9 Å². The normalized spacial score (nSPS) is 20.4. The Kier molecular flexibility index (Phi) is 6.09. The summed E-state index contributed by atoms with van der Waals surface area (Å²) in [7, 11) is 1.68. The molecule has 4 heteroatoms. The van der Waals surface area contributed by atoms with Crippen molar-refractivity contribution in [2.45, 2.75) is 64.8 Å². The number of ether oxygens (including phenoxy) is 2. The molecule has 1 N–H and O–H groups in total. The van der Waals surface area contributed by atoms with E-state index in [0.717, 1.165) is 31.0 Å². The Bertz CT molecular complexity index is 473. The summed E-state index contributed by atoms with van der Waals surface area (Å²) in [6.45, 7) is 7.90. The molecule has 4 nitrogen and oxygen atoms in total. The zero-order valence-corrected chi connectivity index (χ0v) is 14.2. The van der Waals surface area contributed by atoms with Crippen LogP contribution in [0, 0.1) is 0 Å². The molecule has 1 fully saturated rings. The highest BCUT2D eigenvalue weighted by Gasteiger charge is 2.25. The Labute approximate surface area is 134 Å². The lowest BCUT2D eigenvalue weighted by Crippen LogP contribution is -2.31. The van der Waals surface area contributed by atoms with Gasteiger partial charge in [-0.1, -0.05) is 6.07 Å². The molecule has 0 radical (unpaired) electrons. The fourth-order valence-corrected chi connectivity index (χ4v) is 3.16. The summed E-state index contributed by atoms with van der Waals surface area (Å²) in [5.41, 5.74) is 1.23. The Hall–Kier alpha value is -1.26. The Morgan fingerprint density at radius 2 is 2.05 bits per heavy atom. The van der Waals surface area contributed by atoms with Crippen LogP contribution in [0.25, 0.3) is 0 Å². The fourth-order valence-electron chi connectivity index (χ4n) is 3.16. The van der Waals surface area contributed by atoms with Crippen LogP contribution >= 0.6 is 0 Å². The zero-order chi connectivity index (χ0) is 16.1. The fraction of sp³-hybridized carbons (Fsp3) is 0.667. The van der Waals surface area contributed by atoms with Crippen molar-refractivity contribution in [2.75, 3.05) is 13.7 Å². The first-order valence-corrected chi connectivity index (χ1v) is 8.25. The van der Waals surface area contributed by atoms with Crippen LogP contribution in [0.1, 0.15) is 45.6 Å². The maximum atomic E-state index is 9.64. The van der Waals surface area contributed by atoms with Gasteiger partial charge in [-0.25, -0.2) is 0 Å². The maximum Gasteiger partial charge on any atom is 0.161 e. The van der Waals surface area contributed by atoms with Gasteiger partial charge in [0, 0.05) is 12.6 Å². The minimum atomic E-state index is -0.234. The molecule has 124 valence electrons. The van der Waals surface area contributed by atoms with E-state index >= 15 is 0 Å². The second kappa shape index (κ2) is 7.84. The van der Waals surface area contributed by atoms with Gasteiger partial charge < -0.3 is 14.6 Å². The van der Waals surface area contributed by atoms with Crippen molar-refractivity contribution in [2.24, 2.45) is 0 Å². The predicted molar refractivity (Wildman–Crippen MR) is 88.5 cm³/mol. The molecule has 1 aliphatic heterocycles. The van der Waals surface area contributed by atoms with Gasteiger partial charge in [0.1, 0.15) is 0 Å². The van der Waals surface area contributed by atoms with Crippen molar-refractivity contribution >= 4 is 0 Å². The van der Waals surface area contributed by atoms with Crippen molar-refractivity contribution in [3.05, 3.63) is 23.8 Å². The lowest BCUT2D eigenvalue weighted by atomic mass is 10.1. The average Bonchev–Trinajstić information content (AvgIpc) is 2.86. The molecule has 0 spiro atoms.